The Morgan fingerprint density at radius 3 is 2.95 bits per heavy atom. The highest BCUT2D eigenvalue weighted by atomic mass is 16.5. The van der Waals surface area contributed by atoms with Crippen LogP contribution in [-0.2, 0) is 6.42 Å². The van der Waals surface area contributed by atoms with Crippen molar-refractivity contribution in [2.75, 3.05) is 31.1 Å². The van der Waals surface area contributed by atoms with Gasteiger partial charge in [0.25, 0.3) is 0 Å². The number of anilines is 1. The quantitative estimate of drug-likeness (QED) is 0.924. The highest BCUT2D eigenvalue weighted by Crippen LogP contribution is 2.38. The second kappa shape index (κ2) is 5.88. The molecule has 0 spiro atoms. The van der Waals surface area contributed by atoms with E-state index in [1.807, 2.05) is 0 Å². The van der Waals surface area contributed by atoms with Gasteiger partial charge in [-0.05, 0) is 76.7 Å². The van der Waals surface area contributed by atoms with E-state index in [9.17, 15) is 0 Å². The molecule has 2 heterocycles. The summed E-state index contributed by atoms with van der Waals surface area (Å²) in [5.74, 6) is 1.83. The second-order valence-electron chi connectivity index (χ2n) is 7.09. The molecule has 3 nitrogen and oxygen atoms in total. The van der Waals surface area contributed by atoms with Crippen LogP contribution in [0.3, 0.4) is 0 Å². The third-order valence-electron chi connectivity index (χ3n) is 4.63. The minimum absolute atomic E-state index is 0.0994. The number of hydrogen-bond acceptors (Lipinski definition) is 3. The fourth-order valence-electron chi connectivity index (χ4n) is 3.61. The lowest BCUT2D eigenvalue weighted by Gasteiger charge is -2.40. The highest BCUT2D eigenvalue weighted by Gasteiger charge is 2.31. The Hall–Kier alpha value is -1.22. The third kappa shape index (κ3) is 3.34. The first kappa shape index (κ1) is 14.7. The van der Waals surface area contributed by atoms with Gasteiger partial charge in [0.2, 0.25) is 0 Å². The summed E-state index contributed by atoms with van der Waals surface area (Å²) < 4.78 is 6.14. The molecule has 0 radical (unpaired) electrons. The number of rotatable bonds is 3. The van der Waals surface area contributed by atoms with E-state index in [1.165, 1.54) is 37.1 Å². The van der Waals surface area contributed by atoms with Crippen molar-refractivity contribution in [1.29, 1.82) is 0 Å². The maximum Gasteiger partial charge on any atom is 0.143 e. The summed E-state index contributed by atoms with van der Waals surface area (Å²) in [6, 6.07) is 6.77. The zero-order chi connectivity index (χ0) is 14.9. The van der Waals surface area contributed by atoms with E-state index >= 15 is 0 Å². The number of nitrogens with zero attached hydrogens (tertiary/aromatic N) is 1. The first-order chi connectivity index (χ1) is 10.1. The Balaban J connectivity index is 1.79. The minimum atomic E-state index is -0.0994. The summed E-state index contributed by atoms with van der Waals surface area (Å²) in [6.45, 7) is 10.9. The van der Waals surface area contributed by atoms with Crippen LogP contribution in [0.1, 0.15) is 39.2 Å². The minimum Gasteiger partial charge on any atom is -0.484 e. The van der Waals surface area contributed by atoms with Crippen molar-refractivity contribution in [2.45, 2.75) is 45.6 Å². The van der Waals surface area contributed by atoms with Gasteiger partial charge in [0.15, 0.2) is 0 Å². The number of benzene rings is 1. The van der Waals surface area contributed by atoms with Crippen molar-refractivity contribution in [2.24, 2.45) is 5.92 Å². The molecule has 1 atom stereocenters. The lowest BCUT2D eigenvalue weighted by atomic mass is 9.91. The molecule has 1 fully saturated rings. The maximum absolute atomic E-state index is 6.14. The van der Waals surface area contributed by atoms with Crippen molar-refractivity contribution in [3.05, 3.63) is 23.8 Å². The van der Waals surface area contributed by atoms with Crippen LogP contribution in [0.4, 0.5) is 5.69 Å². The average molecular weight is 288 g/mol. The SMILES string of the molecule is CCN1CC(C)(C)Oc2ccc(CC3CCCNC3)cc21. The van der Waals surface area contributed by atoms with Crippen LogP contribution in [0.15, 0.2) is 18.2 Å². The maximum atomic E-state index is 6.14. The molecule has 3 heteroatoms. The highest BCUT2D eigenvalue weighted by molar-refractivity contribution is 5.62. The molecule has 1 aromatic carbocycles. The van der Waals surface area contributed by atoms with E-state index in [-0.39, 0.29) is 5.60 Å². The predicted octanol–water partition coefficient (Wildman–Crippen LogP) is 3.23. The zero-order valence-corrected chi connectivity index (χ0v) is 13.6. The number of hydrogen-bond donors (Lipinski definition) is 1. The number of nitrogens with one attached hydrogen (secondary N) is 1. The van der Waals surface area contributed by atoms with Crippen molar-refractivity contribution in [3.8, 4) is 5.75 Å². The van der Waals surface area contributed by atoms with Gasteiger partial charge in [-0.1, -0.05) is 6.07 Å². The van der Waals surface area contributed by atoms with Crippen molar-refractivity contribution in [1.82, 2.24) is 5.32 Å². The van der Waals surface area contributed by atoms with E-state index in [0.29, 0.717) is 0 Å². The van der Waals surface area contributed by atoms with Gasteiger partial charge in [0.05, 0.1) is 12.2 Å². The fourth-order valence-corrected chi connectivity index (χ4v) is 3.61. The molecule has 0 aliphatic carbocycles. The number of ether oxygens (including phenoxy) is 1. The monoisotopic (exact) mass is 288 g/mol. The van der Waals surface area contributed by atoms with Gasteiger partial charge in [-0.2, -0.15) is 0 Å². The Bertz CT molecular complexity index is 492. The Morgan fingerprint density at radius 1 is 1.38 bits per heavy atom. The smallest absolute Gasteiger partial charge is 0.143 e. The molecule has 0 amide bonds. The van der Waals surface area contributed by atoms with Crippen molar-refractivity contribution in [3.63, 3.8) is 0 Å². The Labute approximate surface area is 128 Å². The first-order valence-electron chi connectivity index (χ1n) is 8.35. The Morgan fingerprint density at radius 2 is 2.24 bits per heavy atom. The summed E-state index contributed by atoms with van der Waals surface area (Å²) in [4.78, 5) is 2.45. The molecule has 1 aromatic rings. The van der Waals surface area contributed by atoms with Crippen LogP contribution in [0.2, 0.25) is 0 Å². The van der Waals surface area contributed by atoms with Crippen LogP contribution in [0.25, 0.3) is 0 Å². The molecular weight excluding hydrogens is 260 g/mol. The normalized spacial score (nSPS) is 24.3. The molecule has 1 saturated heterocycles. The second-order valence-corrected chi connectivity index (χ2v) is 7.09. The van der Waals surface area contributed by atoms with Crippen molar-refractivity contribution < 1.29 is 4.74 Å². The Kier molecular flexibility index (Phi) is 4.12. The number of likely N-dealkylation sites (N-methyl/N-ethyl adjacent to an activating group) is 1. The fraction of sp³-hybridized carbons (Fsp3) is 0.667. The summed E-state index contributed by atoms with van der Waals surface area (Å²) in [7, 11) is 0. The predicted molar refractivity (Wildman–Crippen MR) is 88.3 cm³/mol. The van der Waals surface area contributed by atoms with Crippen LogP contribution in [-0.4, -0.2) is 31.8 Å². The van der Waals surface area contributed by atoms with Gasteiger partial charge in [-0.3, -0.25) is 0 Å². The summed E-state index contributed by atoms with van der Waals surface area (Å²) >= 11 is 0. The molecule has 1 unspecified atom stereocenters. The van der Waals surface area contributed by atoms with Gasteiger partial charge >= 0.3 is 0 Å². The largest absolute Gasteiger partial charge is 0.484 e. The molecule has 2 aliphatic rings. The summed E-state index contributed by atoms with van der Waals surface area (Å²) in [5, 5.41) is 3.51. The average Bonchev–Trinajstić information content (AvgIpc) is 2.47. The molecular formula is C18H28N2O. The standard InChI is InChI=1S/C18H28N2O/c1-4-20-13-18(2,3)21-17-8-7-14(11-16(17)20)10-15-6-5-9-19-12-15/h7-8,11,15,19H,4-6,9-10,12-13H2,1-3H3. The third-order valence-corrected chi connectivity index (χ3v) is 4.63. The lowest BCUT2D eigenvalue weighted by molar-refractivity contribution is 0.105. The van der Waals surface area contributed by atoms with E-state index in [4.69, 9.17) is 4.74 Å². The molecule has 1 N–H and O–H groups in total. The van der Waals surface area contributed by atoms with Gasteiger partial charge in [-0.15, -0.1) is 0 Å². The number of piperidine rings is 1. The van der Waals surface area contributed by atoms with E-state index < -0.39 is 0 Å². The van der Waals surface area contributed by atoms with Crippen molar-refractivity contribution >= 4 is 5.69 Å². The summed E-state index contributed by atoms with van der Waals surface area (Å²) in [5.41, 5.74) is 2.62. The van der Waals surface area contributed by atoms with Gasteiger partial charge in [0.1, 0.15) is 11.4 Å². The summed E-state index contributed by atoms with van der Waals surface area (Å²) in [6.07, 6.45) is 3.85. The molecule has 0 aromatic heterocycles. The lowest BCUT2D eigenvalue weighted by Crippen LogP contribution is -2.46. The van der Waals surface area contributed by atoms with E-state index in [0.717, 1.165) is 31.3 Å². The topological polar surface area (TPSA) is 24.5 Å². The molecule has 116 valence electrons. The van der Waals surface area contributed by atoms with Crippen LogP contribution < -0.4 is 15.0 Å². The van der Waals surface area contributed by atoms with Gasteiger partial charge in [-0.25, -0.2) is 0 Å². The zero-order valence-electron chi connectivity index (χ0n) is 13.6. The molecule has 0 bridgehead atoms. The van der Waals surface area contributed by atoms with E-state index in [1.54, 1.807) is 0 Å². The van der Waals surface area contributed by atoms with Crippen LogP contribution in [0, 0.1) is 5.92 Å². The van der Waals surface area contributed by atoms with Crippen LogP contribution >= 0.6 is 0 Å². The molecule has 0 saturated carbocycles. The van der Waals surface area contributed by atoms with Crippen LogP contribution in [0.5, 0.6) is 5.75 Å². The molecule has 3 rings (SSSR count). The molecule has 2 aliphatic heterocycles. The van der Waals surface area contributed by atoms with E-state index in [2.05, 4.69) is 49.2 Å². The van der Waals surface area contributed by atoms with Gasteiger partial charge in [0, 0.05) is 6.54 Å². The van der Waals surface area contributed by atoms with Gasteiger partial charge < -0.3 is 15.0 Å². The number of fused-ring (bicyclic) bond motifs is 1. The first-order valence-corrected chi connectivity index (χ1v) is 8.35. The molecule has 21 heavy (non-hydrogen) atoms.